The fourth-order valence-electron chi connectivity index (χ4n) is 1.78. The van der Waals surface area contributed by atoms with E-state index in [0.29, 0.717) is 13.2 Å². The Bertz CT molecular complexity index is 199. The quantitative estimate of drug-likeness (QED) is 0.535. The van der Waals surface area contributed by atoms with Crippen molar-refractivity contribution in [1.82, 2.24) is 5.32 Å². The Kier molecular flexibility index (Phi) is 5.60. The zero-order valence-corrected chi connectivity index (χ0v) is 8.95. The largest absolute Gasteiger partial charge is 0.391 e. The number of nitrogens with two attached hydrogens (primary N) is 1. The van der Waals surface area contributed by atoms with Crippen LogP contribution in [0.3, 0.4) is 0 Å². The lowest BCUT2D eigenvalue weighted by atomic mass is 9.92. The van der Waals surface area contributed by atoms with Crippen LogP contribution in [0.2, 0.25) is 0 Å². The summed E-state index contributed by atoms with van der Waals surface area (Å²) in [5.74, 6) is -0.172. The van der Waals surface area contributed by atoms with Gasteiger partial charge in [0.25, 0.3) is 0 Å². The molecule has 15 heavy (non-hydrogen) atoms. The summed E-state index contributed by atoms with van der Waals surface area (Å²) in [7, 11) is 0. The van der Waals surface area contributed by atoms with Crippen molar-refractivity contribution >= 4 is 5.91 Å². The van der Waals surface area contributed by atoms with E-state index in [4.69, 9.17) is 10.5 Å². The van der Waals surface area contributed by atoms with E-state index in [1.807, 2.05) is 0 Å². The van der Waals surface area contributed by atoms with Gasteiger partial charge in [-0.15, -0.1) is 0 Å². The van der Waals surface area contributed by atoms with Crippen molar-refractivity contribution in [1.29, 1.82) is 0 Å². The number of amides is 1. The average molecular weight is 216 g/mol. The van der Waals surface area contributed by atoms with E-state index in [9.17, 15) is 9.90 Å². The fourth-order valence-corrected chi connectivity index (χ4v) is 1.78. The van der Waals surface area contributed by atoms with Crippen molar-refractivity contribution in [3.05, 3.63) is 0 Å². The number of carbonyl (C=O) groups is 1. The SMILES string of the molecule is NCCOCC(=O)N[C@H]1CCCC[C@@H]1O. The number of rotatable bonds is 5. The zero-order chi connectivity index (χ0) is 11.1. The summed E-state index contributed by atoms with van der Waals surface area (Å²) >= 11 is 0. The first-order valence-electron chi connectivity index (χ1n) is 5.49. The maximum atomic E-state index is 11.3. The molecule has 1 amide bonds. The second-order valence-corrected chi connectivity index (χ2v) is 3.87. The van der Waals surface area contributed by atoms with Crippen LogP contribution in [0.5, 0.6) is 0 Å². The molecule has 5 nitrogen and oxygen atoms in total. The molecule has 1 fully saturated rings. The van der Waals surface area contributed by atoms with Crippen LogP contribution < -0.4 is 11.1 Å². The highest BCUT2D eigenvalue weighted by Crippen LogP contribution is 2.18. The fraction of sp³-hybridized carbons (Fsp3) is 0.900. The van der Waals surface area contributed by atoms with Gasteiger partial charge in [0.05, 0.1) is 18.8 Å². The molecular weight excluding hydrogens is 196 g/mol. The van der Waals surface area contributed by atoms with Crippen molar-refractivity contribution in [3.63, 3.8) is 0 Å². The van der Waals surface area contributed by atoms with Gasteiger partial charge in [-0.25, -0.2) is 0 Å². The monoisotopic (exact) mass is 216 g/mol. The molecule has 0 saturated heterocycles. The summed E-state index contributed by atoms with van der Waals surface area (Å²) < 4.78 is 5.00. The van der Waals surface area contributed by atoms with Crippen LogP contribution in [0.4, 0.5) is 0 Å². The third-order valence-corrected chi connectivity index (χ3v) is 2.57. The van der Waals surface area contributed by atoms with Gasteiger partial charge in [0, 0.05) is 6.54 Å². The molecule has 0 bridgehead atoms. The summed E-state index contributed by atoms with van der Waals surface area (Å²) in [6, 6.07) is -0.104. The smallest absolute Gasteiger partial charge is 0.246 e. The number of hydrogen-bond acceptors (Lipinski definition) is 4. The van der Waals surface area contributed by atoms with Gasteiger partial charge in [0.15, 0.2) is 0 Å². The number of aliphatic hydroxyl groups excluding tert-OH is 1. The maximum absolute atomic E-state index is 11.3. The van der Waals surface area contributed by atoms with Crippen LogP contribution in [-0.4, -0.2) is 42.9 Å². The van der Waals surface area contributed by atoms with Gasteiger partial charge < -0.3 is 20.9 Å². The summed E-state index contributed by atoms with van der Waals surface area (Å²) in [6.45, 7) is 0.834. The second kappa shape index (κ2) is 6.76. The zero-order valence-electron chi connectivity index (χ0n) is 8.95. The van der Waals surface area contributed by atoms with Crippen LogP contribution in [0.1, 0.15) is 25.7 Å². The predicted octanol–water partition coefficient (Wildman–Crippen LogP) is -0.619. The molecule has 88 valence electrons. The molecule has 1 aliphatic carbocycles. The van der Waals surface area contributed by atoms with Crippen molar-refractivity contribution in [3.8, 4) is 0 Å². The first-order chi connectivity index (χ1) is 7.24. The third-order valence-electron chi connectivity index (χ3n) is 2.57. The van der Waals surface area contributed by atoms with Gasteiger partial charge in [-0.3, -0.25) is 4.79 Å². The van der Waals surface area contributed by atoms with Crippen molar-refractivity contribution in [2.45, 2.75) is 37.8 Å². The standard InChI is InChI=1S/C10H20N2O3/c11-5-6-15-7-10(14)12-8-3-1-2-4-9(8)13/h8-9,13H,1-7,11H2,(H,12,14)/t8-,9-/m0/s1. The molecule has 1 saturated carbocycles. The normalized spacial score (nSPS) is 26.3. The van der Waals surface area contributed by atoms with Crippen LogP contribution in [-0.2, 0) is 9.53 Å². The molecule has 0 radical (unpaired) electrons. The predicted molar refractivity (Wildman–Crippen MR) is 56.3 cm³/mol. The molecule has 0 spiro atoms. The van der Waals surface area contributed by atoms with E-state index in [1.54, 1.807) is 0 Å². The third kappa shape index (κ3) is 4.59. The Morgan fingerprint density at radius 1 is 1.47 bits per heavy atom. The molecular formula is C10H20N2O3. The minimum Gasteiger partial charge on any atom is -0.391 e. The molecule has 0 aromatic carbocycles. The first kappa shape index (κ1) is 12.4. The Morgan fingerprint density at radius 3 is 2.87 bits per heavy atom. The van der Waals surface area contributed by atoms with Crippen molar-refractivity contribution in [2.24, 2.45) is 5.73 Å². The van der Waals surface area contributed by atoms with Crippen LogP contribution in [0.15, 0.2) is 0 Å². The molecule has 1 aliphatic rings. The van der Waals surface area contributed by atoms with Crippen LogP contribution in [0.25, 0.3) is 0 Å². The van der Waals surface area contributed by atoms with Gasteiger partial charge in [0.1, 0.15) is 6.61 Å². The molecule has 0 unspecified atom stereocenters. The van der Waals surface area contributed by atoms with E-state index in [1.165, 1.54) is 0 Å². The molecule has 0 aromatic heterocycles. The van der Waals surface area contributed by atoms with Gasteiger partial charge in [-0.1, -0.05) is 12.8 Å². The maximum Gasteiger partial charge on any atom is 0.246 e. The summed E-state index contributed by atoms with van der Waals surface area (Å²) in [4.78, 5) is 11.3. The van der Waals surface area contributed by atoms with E-state index in [-0.39, 0.29) is 18.6 Å². The molecule has 0 aromatic rings. The number of hydrogen-bond donors (Lipinski definition) is 3. The van der Waals surface area contributed by atoms with Crippen LogP contribution >= 0.6 is 0 Å². The summed E-state index contributed by atoms with van der Waals surface area (Å²) in [5.41, 5.74) is 5.22. The van der Waals surface area contributed by atoms with Gasteiger partial charge >= 0.3 is 0 Å². The van der Waals surface area contributed by atoms with Crippen LogP contribution in [0, 0.1) is 0 Å². The van der Waals surface area contributed by atoms with Gasteiger partial charge in [0.2, 0.25) is 5.91 Å². The first-order valence-corrected chi connectivity index (χ1v) is 5.49. The Morgan fingerprint density at radius 2 is 2.20 bits per heavy atom. The highest BCUT2D eigenvalue weighted by Gasteiger charge is 2.24. The van der Waals surface area contributed by atoms with E-state index >= 15 is 0 Å². The lowest BCUT2D eigenvalue weighted by molar-refractivity contribution is -0.127. The Balaban J connectivity index is 2.18. The Hall–Kier alpha value is -0.650. The minimum atomic E-state index is -0.405. The van der Waals surface area contributed by atoms with Gasteiger partial charge in [-0.2, -0.15) is 0 Å². The molecule has 2 atom stereocenters. The minimum absolute atomic E-state index is 0.0282. The lowest BCUT2D eigenvalue weighted by Gasteiger charge is -2.28. The molecule has 0 heterocycles. The highest BCUT2D eigenvalue weighted by molar-refractivity contribution is 5.77. The highest BCUT2D eigenvalue weighted by atomic mass is 16.5. The average Bonchev–Trinajstić information content (AvgIpc) is 2.22. The van der Waals surface area contributed by atoms with Gasteiger partial charge in [-0.05, 0) is 12.8 Å². The molecule has 4 N–H and O–H groups in total. The van der Waals surface area contributed by atoms with E-state index in [2.05, 4.69) is 5.32 Å². The van der Waals surface area contributed by atoms with E-state index in [0.717, 1.165) is 25.7 Å². The lowest BCUT2D eigenvalue weighted by Crippen LogP contribution is -2.46. The summed E-state index contributed by atoms with van der Waals surface area (Å²) in [5, 5.41) is 12.4. The number of aliphatic hydroxyl groups is 1. The number of carbonyl (C=O) groups excluding carboxylic acids is 1. The van der Waals surface area contributed by atoms with Crippen molar-refractivity contribution < 1.29 is 14.6 Å². The van der Waals surface area contributed by atoms with E-state index < -0.39 is 6.10 Å². The topological polar surface area (TPSA) is 84.6 Å². The Labute approximate surface area is 90.0 Å². The van der Waals surface area contributed by atoms with Crippen molar-refractivity contribution in [2.75, 3.05) is 19.8 Å². The molecule has 1 rings (SSSR count). The molecule has 0 aliphatic heterocycles. The molecule has 5 heteroatoms. The second-order valence-electron chi connectivity index (χ2n) is 3.87. The number of ether oxygens (including phenoxy) is 1. The summed E-state index contributed by atoms with van der Waals surface area (Å²) in [6.07, 6.45) is 3.32. The number of nitrogens with one attached hydrogen (secondary N) is 1.